The van der Waals surface area contributed by atoms with Gasteiger partial charge in [-0.2, -0.15) is 0 Å². The van der Waals surface area contributed by atoms with Gasteiger partial charge in [0.2, 0.25) is 5.91 Å². The Labute approximate surface area is 334 Å². The van der Waals surface area contributed by atoms with Crippen LogP contribution in [0.25, 0.3) is 0 Å². The van der Waals surface area contributed by atoms with Crippen LogP contribution >= 0.6 is 39.1 Å². The summed E-state index contributed by atoms with van der Waals surface area (Å²) in [6.45, 7) is 14.6. The maximum Gasteiger partial charge on any atom is 1.00 e. The molecule has 2 fully saturated rings. The minimum atomic E-state index is -0.523. The van der Waals surface area contributed by atoms with Crippen molar-refractivity contribution in [3.63, 3.8) is 0 Å². The molecule has 272 valence electrons. The van der Waals surface area contributed by atoms with Gasteiger partial charge in [-0.3, -0.25) is 9.59 Å². The summed E-state index contributed by atoms with van der Waals surface area (Å²) < 4.78 is 21.8. The molecule has 0 saturated carbocycles. The number of halogens is 3. The maximum absolute atomic E-state index is 12.1. The van der Waals surface area contributed by atoms with E-state index in [1.807, 2.05) is 77.9 Å². The number of aliphatic hydroxyl groups excluding tert-OH is 1. The van der Waals surface area contributed by atoms with Crippen LogP contribution < -0.4 is 40.2 Å². The molecule has 49 heavy (non-hydrogen) atoms. The molecule has 3 N–H and O–H groups in total. The molecule has 0 aromatic heterocycles. The van der Waals surface area contributed by atoms with E-state index in [0.29, 0.717) is 23.1 Å². The van der Waals surface area contributed by atoms with Crippen LogP contribution in [0.5, 0.6) is 0 Å². The average Bonchev–Trinajstić information content (AvgIpc) is 3.61. The van der Waals surface area contributed by atoms with Crippen molar-refractivity contribution in [3.05, 3.63) is 69.7 Å². The number of benzene rings is 2. The van der Waals surface area contributed by atoms with Crippen LogP contribution in [0.4, 0.5) is 0 Å². The molecule has 2 aromatic carbocycles. The monoisotopic (exact) mass is 798 g/mol. The number of carbonyl (C=O) groups excluding carboxylic acids is 2. The van der Waals surface area contributed by atoms with Crippen LogP contribution in [0.1, 0.15) is 66.9 Å². The van der Waals surface area contributed by atoms with Crippen molar-refractivity contribution in [3.8, 4) is 0 Å². The molecule has 2 heterocycles. The summed E-state index contributed by atoms with van der Waals surface area (Å²) in [5, 5.41) is 16.6. The first-order chi connectivity index (χ1) is 22.5. The summed E-state index contributed by atoms with van der Waals surface area (Å²) in [5.41, 5.74) is 1.55. The maximum atomic E-state index is 12.1. The van der Waals surface area contributed by atoms with E-state index in [9.17, 15) is 14.7 Å². The molecular weight excluding hydrogens is 746 g/mol. The molecule has 4 atom stereocenters. The number of hydrogen-bond acceptors (Lipinski definition) is 7. The molecule has 9 nitrogen and oxygen atoms in total. The van der Waals surface area contributed by atoms with Crippen LogP contribution in [0.3, 0.4) is 0 Å². The van der Waals surface area contributed by atoms with E-state index in [1.54, 1.807) is 12.1 Å². The van der Waals surface area contributed by atoms with Crippen molar-refractivity contribution in [2.75, 3.05) is 39.6 Å². The third kappa shape index (κ3) is 21.4. The van der Waals surface area contributed by atoms with Crippen LogP contribution in [0.15, 0.2) is 48.5 Å². The first kappa shape index (κ1) is 46.3. The Morgan fingerprint density at radius 1 is 0.980 bits per heavy atom. The fourth-order valence-corrected chi connectivity index (χ4v) is 4.89. The number of hydrogen-bond donors (Lipinski definition) is 3. The number of nitrogens with one attached hydrogen (secondary N) is 2. The standard InChI is InChI=1S/C16H23BrClNO3.C16H22ClNO3.C4H8O.Na.H/c1-16(2,3)22-10-14(17)15(21)19-13(9-20)8-11-4-6-12(18)7-5-11;1-16(2,3)21-10-14-15(19)18-13(9-20-14)8-11-4-6-12(17)7-5-11;1-2-4-5-3-1;;/h4-7,13-14,20H,8-10H2,1-3H3,(H,19,21);4-7,13-14H,8-10H2,1-3H3,(H,18,19);1-4H2;;/q;;;+1;-1/t13?,14-;13-,14-;;;/m10.../s1. The molecule has 2 aliphatic heterocycles. The molecular formula is C36H54BrCl2N2NaO7. The first-order valence-electron chi connectivity index (χ1n) is 16.4. The van der Waals surface area contributed by atoms with Crippen molar-refractivity contribution < 1.29 is 64.6 Å². The van der Waals surface area contributed by atoms with Crippen molar-refractivity contribution in [1.82, 2.24) is 10.6 Å². The van der Waals surface area contributed by atoms with Gasteiger partial charge in [-0.1, -0.05) is 63.4 Å². The van der Waals surface area contributed by atoms with Gasteiger partial charge in [0.1, 0.15) is 4.83 Å². The minimum absolute atomic E-state index is 0. The van der Waals surface area contributed by atoms with E-state index in [-0.39, 0.29) is 85.9 Å². The van der Waals surface area contributed by atoms with Crippen molar-refractivity contribution in [2.24, 2.45) is 0 Å². The van der Waals surface area contributed by atoms with Gasteiger partial charge in [0.25, 0.3) is 5.91 Å². The van der Waals surface area contributed by atoms with Crippen LogP contribution in [-0.4, -0.2) is 90.8 Å². The van der Waals surface area contributed by atoms with Gasteiger partial charge in [-0.05, 0) is 103 Å². The van der Waals surface area contributed by atoms with Gasteiger partial charge in [0.15, 0.2) is 6.10 Å². The molecule has 0 aliphatic carbocycles. The number of morpholine rings is 1. The number of aliphatic hydroxyl groups is 1. The van der Waals surface area contributed by atoms with Gasteiger partial charge in [0.05, 0.1) is 49.7 Å². The van der Waals surface area contributed by atoms with Crippen molar-refractivity contribution in [1.29, 1.82) is 0 Å². The van der Waals surface area contributed by atoms with E-state index < -0.39 is 10.9 Å². The number of alkyl halides is 1. The number of ether oxygens (including phenoxy) is 4. The van der Waals surface area contributed by atoms with Gasteiger partial charge >= 0.3 is 29.6 Å². The fraction of sp³-hybridized carbons (Fsp3) is 0.611. The topological polar surface area (TPSA) is 115 Å². The molecule has 2 aliphatic rings. The summed E-state index contributed by atoms with van der Waals surface area (Å²) in [6, 6.07) is 14.6. The number of carbonyl (C=O) groups is 2. The van der Waals surface area contributed by atoms with Crippen LogP contribution in [-0.2, 0) is 41.4 Å². The molecule has 0 bridgehead atoms. The summed E-state index contributed by atoms with van der Waals surface area (Å²) in [4.78, 5) is 23.7. The molecule has 0 radical (unpaired) electrons. The number of rotatable bonds is 11. The minimum Gasteiger partial charge on any atom is -1.00 e. The van der Waals surface area contributed by atoms with E-state index in [0.717, 1.165) is 30.8 Å². The van der Waals surface area contributed by atoms with Gasteiger partial charge < -0.3 is 36.1 Å². The molecule has 2 saturated heterocycles. The predicted molar refractivity (Wildman–Crippen MR) is 196 cm³/mol. The van der Waals surface area contributed by atoms with E-state index in [2.05, 4.69) is 26.6 Å². The van der Waals surface area contributed by atoms with Crippen molar-refractivity contribution in [2.45, 2.75) is 101 Å². The SMILES string of the molecule is C1CCOC1.CC(C)(C)OC[C@@H](Br)C(=O)NC(CO)Cc1ccc(Cl)cc1.CC(C)(C)OC[C@@H]1OC[C@H](Cc2ccc(Cl)cc2)NC1=O.[H-].[Na+]. The van der Waals surface area contributed by atoms with Gasteiger partial charge in [0, 0.05) is 23.3 Å². The molecule has 2 amide bonds. The third-order valence-corrected chi connectivity index (χ3v) is 8.12. The van der Waals surface area contributed by atoms with Gasteiger partial charge in [-0.15, -0.1) is 0 Å². The summed E-state index contributed by atoms with van der Waals surface area (Å²) in [5.74, 6) is -0.304. The molecule has 0 spiro atoms. The van der Waals surface area contributed by atoms with Crippen LogP contribution in [0.2, 0.25) is 10.0 Å². The normalized spacial score (nSPS) is 18.8. The predicted octanol–water partition coefficient (Wildman–Crippen LogP) is 3.43. The number of amides is 2. The quantitative estimate of drug-likeness (QED) is 0.236. The second-order valence-electron chi connectivity index (χ2n) is 13.7. The third-order valence-electron chi connectivity index (χ3n) is 6.94. The van der Waals surface area contributed by atoms with E-state index in [1.165, 1.54) is 12.8 Å². The molecule has 1 unspecified atom stereocenters. The Hall–Kier alpha value is -0.760. The van der Waals surface area contributed by atoms with Crippen molar-refractivity contribution >= 4 is 50.9 Å². The fourth-order valence-electron chi connectivity index (χ4n) is 4.38. The first-order valence-corrected chi connectivity index (χ1v) is 18.0. The Morgan fingerprint density at radius 2 is 1.51 bits per heavy atom. The Kier molecular flexibility index (Phi) is 22.4. The summed E-state index contributed by atoms with van der Waals surface area (Å²) in [6.07, 6.45) is 3.31. The largest absolute Gasteiger partial charge is 1.00 e. The molecule has 2 aromatic rings. The second kappa shape index (κ2) is 23.7. The average molecular weight is 801 g/mol. The zero-order valence-corrected chi connectivity index (χ0v) is 35.1. The Balaban J connectivity index is 0.000000811. The Morgan fingerprint density at radius 3 is 1.96 bits per heavy atom. The zero-order chi connectivity index (χ0) is 35.7. The molecule has 4 rings (SSSR count). The van der Waals surface area contributed by atoms with E-state index >= 15 is 0 Å². The van der Waals surface area contributed by atoms with Gasteiger partial charge in [-0.25, -0.2) is 0 Å². The van der Waals surface area contributed by atoms with E-state index in [4.69, 9.17) is 42.1 Å². The molecule has 13 heteroatoms. The van der Waals surface area contributed by atoms with Crippen LogP contribution in [0, 0.1) is 0 Å². The Bertz CT molecular complexity index is 1220. The summed E-state index contributed by atoms with van der Waals surface area (Å²) in [7, 11) is 0. The second-order valence-corrected chi connectivity index (χ2v) is 15.7. The summed E-state index contributed by atoms with van der Waals surface area (Å²) >= 11 is 15.0. The zero-order valence-electron chi connectivity index (χ0n) is 31.0. The smallest absolute Gasteiger partial charge is 1.00 e.